The molecule has 0 N–H and O–H groups in total. The van der Waals surface area contributed by atoms with Crippen LogP contribution >= 0.6 is 0 Å². The number of imidazole rings is 1. The van der Waals surface area contributed by atoms with Gasteiger partial charge in [-0.05, 0) is 18.3 Å². The molecule has 0 bridgehead atoms. The lowest BCUT2D eigenvalue weighted by atomic mass is 9.86. The fourth-order valence-corrected chi connectivity index (χ4v) is 3.95. The zero-order valence-electron chi connectivity index (χ0n) is 11.5. The average molecular weight is 289 g/mol. The summed E-state index contributed by atoms with van der Waals surface area (Å²) >= 11 is 0. The molecular weight excluding hydrogens is 269 g/mol. The first-order chi connectivity index (χ1) is 8.82. The number of nitrogens with zero attached hydrogens (tertiary/aromatic N) is 3. The number of piperidine rings is 1. The first kappa shape index (κ1) is 14.5. The van der Waals surface area contributed by atoms with E-state index in [-0.39, 0.29) is 23.4 Å². The topological polar surface area (TPSA) is 55.2 Å². The molecule has 7 heteroatoms. The van der Waals surface area contributed by atoms with Crippen LogP contribution in [0.25, 0.3) is 0 Å². The summed E-state index contributed by atoms with van der Waals surface area (Å²) in [6.07, 6.45) is 2.33. The van der Waals surface area contributed by atoms with Gasteiger partial charge in [-0.25, -0.2) is 17.8 Å². The van der Waals surface area contributed by atoms with Crippen molar-refractivity contribution in [2.45, 2.75) is 31.5 Å². The quantitative estimate of drug-likeness (QED) is 0.845. The zero-order chi connectivity index (χ0) is 14.2. The third-order valence-electron chi connectivity index (χ3n) is 3.70. The van der Waals surface area contributed by atoms with Gasteiger partial charge in [-0.3, -0.25) is 0 Å². The Morgan fingerprint density at radius 1 is 1.47 bits per heavy atom. The fraction of sp³-hybridized carbons (Fsp3) is 0.750. The van der Waals surface area contributed by atoms with Gasteiger partial charge in [0.1, 0.15) is 6.17 Å². The average Bonchev–Trinajstić information content (AvgIpc) is 2.76. The first-order valence-electron chi connectivity index (χ1n) is 6.44. The molecule has 2 heterocycles. The van der Waals surface area contributed by atoms with Crippen LogP contribution in [-0.2, 0) is 17.1 Å². The van der Waals surface area contributed by atoms with E-state index in [1.54, 1.807) is 11.6 Å². The molecule has 0 aromatic carbocycles. The molecule has 1 aromatic rings. The molecule has 0 unspecified atom stereocenters. The summed E-state index contributed by atoms with van der Waals surface area (Å²) in [5, 5.41) is -0.00908. The van der Waals surface area contributed by atoms with Crippen LogP contribution in [0.1, 0.15) is 20.3 Å². The Hall–Kier alpha value is -0.950. The highest BCUT2D eigenvalue weighted by Gasteiger charge is 2.37. The third kappa shape index (κ3) is 2.81. The standard InChI is InChI=1S/C12H20FN3O2S/c1-9(2)10-4-5-16(6-11(10)13)19(17,18)12-7-15(3)8-14-12/h7-11H,4-6H2,1-3H3/t10-,11+/m0/s1. The summed E-state index contributed by atoms with van der Waals surface area (Å²) in [6, 6.07) is 0. The van der Waals surface area contributed by atoms with Gasteiger partial charge in [0.05, 0.1) is 6.33 Å². The van der Waals surface area contributed by atoms with Crippen molar-refractivity contribution in [3.63, 3.8) is 0 Å². The molecule has 0 amide bonds. The lowest BCUT2D eigenvalue weighted by Crippen LogP contribution is -2.46. The Morgan fingerprint density at radius 2 is 2.16 bits per heavy atom. The maximum atomic E-state index is 14.1. The van der Waals surface area contributed by atoms with Crippen molar-refractivity contribution in [2.24, 2.45) is 18.9 Å². The minimum absolute atomic E-state index is 0.00908. The number of hydrogen-bond acceptors (Lipinski definition) is 3. The Bertz CT molecular complexity index is 541. The van der Waals surface area contributed by atoms with Gasteiger partial charge in [-0.2, -0.15) is 4.31 Å². The van der Waals surface area contributed by atoms with Crippen LogP contribution < -0.4 is 0 Å². The third-order valence-corrected chi connectivity index (χ3v) is 5.45. The van der Waals surface area contributed by atoms with E-state index in [2.05, 4.69) is 4.98 Å². The summed E-state index contributed by atoms with van der Waals surface area (Å²) in [5.74, 6) is 0.171. The Kier molecular flexibility index (Phi) is 3.96. The maximum Gasteiger partial charge on any atom is 0.262 e. The lowest BCUT2D eigenvalue weighted by Gasteiger charge is -2.35. The highest BCUT2D eigenvalue weighted by atomic mass is 32.2. The molecule has 108 valence electrons. The second-order valence-corrected chi connectivity index (χ2v) is 7.34. The Morgan fingerprint density at radius 3 is 2.63 bits per heavy atom. The van der Waals surface area contributed by atoms with E-state index in [0.717, 1.165) is 0 Å². The van der Waals surface area contributed by atoms with Gasteiger partial charge in [0.15, 0.2) is 5.03 Å². The summed E-state index contributed by atoms with van der Waals surface area (Å²) in [5.41, 5.74) is 0. The van der Waals surface area contributed by atoms with E-state index < -0.39 is 16.2 Å². The Labute approximate surface area is 113 Å². The van der Waals surface area contributed by atoms with Crippen molar-refractivity contribution >= 4 is 10.0 Å². The number of hydrogen-bond donors (Lipinski definition) is 0. The molecular formula is C12H20FN3O2S. The number of alkyl halides is 1. The van der Waals surface area contributed by atoms with Crippen LogP contribution in [0.15, 0.2) is 17.6 Å². The van der Waals surface area contributed by atoms with Gasteiger partial charge in [0.25, 0.3) is 10.0 Å². The van der Waals surface area contributed by atoms with Crippen LogP contribution in [-0.4, -0.2) is 41.5 Å². The fourth-order valence-electron chi connectivity index (χ4n) is 2.52. The molecule has 0 spiro atoms. The predicted octanol–water partition coefficient (Wildman–Crippen LogP) is 1.42. The SMILES string of the molecule is CC(C)[C@@H]1CCN(S(=O)(=O)c2cn(C)cn2)C[C@H]1F. The minimum atomic E-state index is -3.66. The minimum Gasteiger partial charge on any atom is -0.339 e. The van der Waals surface area contributed by atoms with Crippen molar-refractivity contribution in [1.29, 1.82) is 0 Å². The summed E-state index contributed by atoms with van der Waals surface area (Å²) in [7, 11) is -1.96. The van der Waals surface area contributed by atoms with Gasteiger partial charge in [0, 0.05) is 26.3 Å². The smallest absolute Gasteiger partial charge is 0.262 e. The van der Waals surface area contributed by atoms with E-state index in [9.17, 15) is 12.8 Å². The molecule has 1 saturated heterocycles. The number of rotatable bonds is 3. The Balaban J connectivity index is 2.16. The largest absolute Gasteiger partial charge is 0.339 e. The van der Waals surface area contributed by atoms with Crippen molar-refractivity contribution in [1.82, 2.24) is 13.9 Å². The molecule has 2 atom stereocenters. The van der Waals surface area contributed by atoms with Crippen molar-refractivity contribution in [2.75, 3.05) is 13.1 Å². The second kappa shape index (κ2) is 5.20. The van der Waals surface area contributed by atoms with Gasteiger partial charge in [-0.1, -0.05) is 13.8 Å². The van der Waals surface area contributed by atoms with E-state index in [1.807, 2.05) is 13.8 Å². The molecule has 1 aromatic heterocycles. The number of halogens is 1. The van der Waals surface area contributed by atoms with Crippen LogP contribution in [0.5, 0.6) is 0 Å². The molecule has 1 fully saturated rings. The van der Waals surface area contributed by atoms with Crippen LogP contribution in [0.4, 0.5) is 4.39 Å². The maximum absolute atomic E-state index is 14.1. The number of aryl methyl sites for hydroxylation is 1. The predicted molar refractivity (Wildman–Crippen MR) is 69.8 cm³/mol. The normalized spacial score (nSPS) is 25.9. The molecule has 19 heavy (non-hydrogen) atoms. The van der Waals surface area contributed by atoms with Crippen LogP contribution in [0.3, 0.4) is 0 Å². The highest BCUT2D eigenvalue weighted by Crippen LogP contribution is 2.29. The first-order valence-corrected chi connectivity index (χ1v) is 7.88. The van der Waals surface area contributed by atoms with Gasteiger partial charge in [-0.15, -0.1) is 0 Å². The summed E-state index contributed by atoms with van der Waals surface area (Å²) in [4.78, 5) is 3.85. The van der Waals surface area contributed by atoms with E-state index in [4.69, 9.17) is 0 Å². The molecule has 0 radical (unpaired) electrons. The van der Waals surface area contributed by atoms with Crippen LogP contribution in [0, 0.1) is 11.8 Å². The summed E-state index contributed by atoms with van der Waals surface area (Å²) < 4.78 is 41.5. The molecule has 0 aliphatic carbocycles. The monoisotopic (exact) mass is 289 g/mol. The lowest BCUT2D eigenvalue weighted by molar-refractivity contribution is 0.101. The summed E-state index contributed by atoms with van der Waals surface area (Å²) in [6.45, 7) is 4.24. The molecule has 5 nitrogen and oxygen atoms in total. The van der Waals surface area contributed by atoms with E-state index in [1.165, 1.54) is 16.8 Å². The highest BCUT2D eigenvalue weighted by molar-refractivity contribution is 7.89. The zero-order valence-corrected chi connectivity index (χ0v) is 12.3. The number of aromatic nitrogens is 2. The van der Waals surface area contributed by atoms with Gasteiger partial charge in [0.2, 0.25) is 0 Å². The second-order valence-electron chi connectivity index (χ2n) is 5.45. The van der Waals surface area contributed by atoms with Crippen molar-refractivity contribution in [3.05, 3.63) is 12.5 Å². The number of sulfonamides is 1. The van der Waals surface area contributed by atoms with E-state index in [0.29, 0.717) is 13.0 Å². The molecule has 1 aliphatic heterocycles. The molecule has 1 aliphatic rings. The van der Waals surface area contributed by atoms with Crippen LogP contribution in [0.2, 0.25) is 0 Å². The van der Waals surface area contributed by atoms with Gasteiger partial charge < -0.3 is 4.57 Å². The van der Waals surface area contributed by atoms with Crippen molar-refractivity contribution in [3.8, 4) is 0 Å². The van der Waals surface area contributed by atoms with Gasteiger partial charge >= 0.3 is 0 Å². The van der Waals surface area contributed by atoms with E-state index >= 15 is 0 Å². The van der Waals surface area contributed by atoms with Crippen molar-refractivity contribution < 1.29 is 12.8 Å². The molecule has 2 rings (SSSR count). The molecule has 0 saturated carbocycles.